The van der Waals surface area contributed by atoms with Crippen molar-refractivity contribution < 1.29 is 4.42 Å². The van der Waals surface area contributed by atoms with E-state index in [1.807, 2.05) is 43.3 Å². The fraction of sp³-hybridized carbons (Fsp3) is 0.222. The number of hydrogen-bond acceptors (Lipinski definition) is 2. The lowest BCUT2D eigenvalue weighted by atomic mass is 9.93. The number of halogens is 1. The van der Waals surface area contributed by atoms with Gasteiger partial charge in [-0.15, -0.1) is 0 Å². The maximum Gasteiger partial charge on any atom is 0.134 e. The van der Waals surface area contributed by atoms with E-state index in [-0.39, 0.29) is 6.04 Å². The molecule has 1 unspecified atom stereocenters. The fourth-order valence-corrected chi connectivity index (χ4v) is 3.09. The van der Waals surface area contributed by atoms with Crippen LogP contribution in [0, 0.1) is 6.92 Å². The average Bonchev–Trinajstić information content (AvgIpc) is 2.85. The molecule has 1 aromatic heterocycles. The van der Waals surface area contributed by atoms with E-state index in [2.05, 4.69) is 13.0 Å². The first kappa shape index (κ1) is 14.2. The summed E-state index contributed by atoms with van der Waals surface area (Å²) in [6.45, 7) is 4.12. The highest BCUT2D eigenvalue weighted by atomic mass is 35.5. The summed E-state index contributed by atoms with van der Waals surface area (Å²) in [6, 6.07) is 13.7. The van der Waals surface area contributed by atoms with E-state index >= 15 is 0 Å². The van der Waals surface area contributed by atoms with E-state index in [9.17, 15) is 0 Å². The predicted molar refractivity (Wildman–Crippen MR) is 87.8 cm³/mol. The molecule has 2 nitrogen and oxygen atoms in total. The minimum absolute atomic E-state index is 0.208. The van der Waals surface area contributed by atoms with Crippen LogP contribution < -0.4 is 5.73 Å². The Morgan fingerprint density at radius 2 is 1.95 bits per heavy atom. The van der Waals surface area contributed by atoms with Gasteiger partial charge >= 0.3 is 0 Å². The molecule has 0 fully saturated rings. The van der Waals surface area contributed by atoms with Crippen LogP contribution in [0.3, 0.4) is 0 Å². The van der Waals surface area contributed by atoms with Crippen LogP contribution in [-0.2, 0) is 6.42 Å². The van der Waals surface area contributed by atoms with Crippen molar-refractivity contribution >= 4 is 22.6 Å². The van der Waals surface area contributed by atoms with Crippen molar-refractivity contribution in [2.45, 2.75) is 26.3 Å². The van der Waals surface area contributed by atoms with Gasteiger partial charge in [0.25, 0.3) is 0 Å². The van der Waals surface area contributed by atoms with Crippen molar-refractivity contribution in [2.75, 3.05) is 0 Å². The number of nitrogens with two attached hydrogens (primary N) is 1. The summed E-state index contributed by atoms with van der Waals surface area (Å²) in [5.74, 6) is 0.957. The van der Waals surface area contributed by atoms with Crippen LogP contribution in [0.25, 0.3) is 11.0 Å². The predicted octanol–water partition coefficient (Wildman–Crippen LogP) is 5.01. The number of aryl methyl sites for hydroxylation is 2. The minimum atomic E-state index is -0.208. The van der Waals surface area contributed by atoms with Gasteiger partial charge in [-0.3, -0.25) is 0 Å². The molecule has 0 aliphatic heterocycles. The smallest absolute Gasteiger partial charge is 0.134 e. The Labute approximate surface area is 129 Å². The van der Waals surface area contributed by atoms with Gasteiger partial charge in [0.05, 0.1) is 6.04 Å². The van der Waals surface area contributed by atoms with Crippen molar-refractivity contribution in [2.24, 2.45) is 5.73 Å². The molecule has 0 bridgehead atoms. The monoisotopic (exact) mass is 299 g/mol. The van der Waals surface area contributed by atoms with Gasteiger partial charge in [0, 0.05) is 22.4 Å². The first-order chi connectivity index (χ1) is 10.1. The summed E-state index contributed by atoms with van der Waals surface area (Å²) in [5, 5.41) is 1.83. The second-order valence-corrected chi connectivity index (χ2v) is 5.70. The summed E-state index contributed by atoms with van der Waals surface area (Å²) in [4.78, 5) is 0. The molecule has 1 atom stereocenters. The van der Waals surface area contributed by atoms with Crippen LogP contribution in [0.4, 0.5) is 0 Å². The highest BCUT2D eigenvalue weighted by molar-refractivity contribution is 6.30. The van der Waals surface area contributed by atoms with Crippen molar-refractivity contribution in [3.8, 4) is 0 Å². The van der Waals surface area contributed by atoms with Crippen LogP contribution in [0.15, 0.2) is 46.9 Å². The quantitative estimate of drug-likeness (QED) is 0.738. The Hall–Kier alpha value is -1.77. The van der Waals surface area contributed by atoms with Gasteiger partial charge < -0.3 is 10.2 Å². The molecule has 0 spiro atoms. The van der Waals surface area contributed by atoms with Gasteiger partial charge in [-0.25, -0.2) is 0 Å². The van der Waals surface area contributed by atoms with Gasteiger partial charge in [0.2, 0.25) is 0 Å². The molecule has 3 heteroatoms. The Kier molecular flexibility index (Phi) is 3.75. The lowest BCUT2D eigenvalue weighted by molar-refractivity contribution is 0.546. The zero-order chi connectivity index (χ0) is 15.0. The highest BCUT2D eigenvalue weighted by Crippen LogP contribution is 2.34. The summed E-state index contributed by atoms with van der Waals surface area (Å²) < 4.78 is 5.95. The number of para-hydroxylation sites is 1. The Morgan fingerprint density at radius 1 is 1.19 bits per heavy atom. The first-order valence-electron chi connectivity index (χ1n) is 7.13. The molecule has 0 saturated carbocycles. The molecule has 0 aliphatic rings. The average molecular weight is 300 g/mol. The van der Waals surface area contributed by atoms with Crippen LogP contribution in [-0.4, -0.2) is 0 Å². The maximum absolute atomic E-state index is 6.55. The van der Waals surface area contributed by atoms with Gasteiger partial charge in [-0.05, 0) is 36.2 Å². The first-order valence-corrected chi connectivity index (χ1v) is 7.51. The van der Waals surface area contributed by atoms with E-state index in [4.69, 9.17) is 21.8 Å². The molecule has 21 heavy (non-hydrogen) atoms. The molecule has 2 N–H and O–H groups in total. The number of hydrogen-bond donors (Lipinski definition) is 1. The molecular weight excluding hydrogens is 282 g/mol. The van der Waals surface area contributed by atoms with E-state index < -0.39 is 0 Å². The van der Waals surface area contributed by atoms with Crippen molar-refractivity contribution in [1.82, 2.24) is 0 Å². The van der Waals surface area contributed by atoms with Crippen molar-refractivity contribution in [3.05, 3.63) is 69.9 Å². The maximum atomic E-state index is 6.55. The summed E-state index contributed by atoms with van der Waals surface area (Å²) >= 11 is 6.04. The lowest BCUT2D eigenvalue weighted by Gasteiger charge is -2.15. The number of furan rings is 1. The largest absolute Gasteiger partial charge is 0.461 e. The van der Waals surface area contributed by atoms with Gasteiger partial charge in [0.15, 0.2) is 0 Å². The normalized spacial score (nSPS) is 12.8. The minimum Gasteiger partial charge on any atom is -0.461 e. The molecule has 3 rings (SSSR count). The number of rotatable bonds is 3. The summed E-state index contributed by atoms with van der Waals surface area (Å²) in [6.07, 6.45) is 0.824. The van der Waals surface area contributed by atoms with Crippen molar-refractivity contribution in [1.29, 1.82) is 0 Å². The zero-order valence-corrected chi connectivity index (χ0v) is 12.9. The zero-order valence-electron chi connectivity index (χ0n) is 12.2. The van der Waals surface area contributed by atoms with Gasteiger partial charge in [-0.2, -0.15) is 0 Å². The van der Waals surface area contributed by atoms with E-state index in [0.717, 1.165) is 44.9 Å². The third-order valence-corrected chi connectivity index (χ3v) is 4.14. The fourth-order valence-electron chi connectivity index (χ4n) is 2.86. The SMILES string of the molecule is CCc1oc2ccccc2c1C(N)c1ccc(Cl)cc1C. The van der Waals surface area contributed by atoms with E-state index in [0.29, 0.717) is 0 Å². The molecule has 2 aromatic carbocycles. The van der Waals surface area contributed by atoms with E-state index in [1.54, 1.807) is 0 Å². The standard InChI is InChI=1S/C18H18ClNO/c1-3-15-17(14-6-4-5-7-16(14)21-15)18(20)13-9-8-12(19)10-11(13)2/h4-10,18H,3,20H2,1-2H3. The van der Waals surface area contributed by atoms with Gasteiger partial charge in [0.1, 0.15) is 11.3 Å². The Morgan fingerprint density at radius 3 is 2.67 bits per heavy atom. The van der Waals surface area contributed by atoms with Crippen molar-refractivity contribution in [3.63, 3.8) is 0 Å². The Balaban J connectivity index is 2.18. The molecular formula is C18H18ClNO. The lowest BCUT2D eigenvalue weighted by Crippen LogP contribution is -2.14. The molecule has 3 aromatic rings. The molecule has 108 valence electrons. The Bertz CT molecular complexity index is 791. The second-order valence-electron chi connectivity index (χ2n) is 5.27. The van der Waals surface area contributed by atoms with E-state index in [1.165, 1.54) is 0 Å². The molecule has 0 saturated heterocycles. The van der Waals surface area contributed by atoms with Crippen LogP contribution in [0.2, 0.25) is 5.02 Å². The van der Waals surface area contributed by atoms with Gasteiger partial charge in [-0.1, -0.05) is 42.8 Å². The topological polar surface area (TPSA) is 39.2 Å². The summed E-state index contributed by atoms with van der Waals surface area (Å²) in [7, 11) is 0. The van der Waals surface area contributed by atoms with Crippen LogP contribution in [0.1, 0.15) is 35.4 Å². The number of benzene rings is 2. The third kappa shape index (κ3) is 2.45. The highest BCUT2D eigenvalue weighted by Gasteiger charge is 2.21. The molecule has 0 amide bonds. The van der Waals surface area contributed by atoms with Crippen LogP contribution in [0.5, 0.6) is 0 Å². The molecule has 1 heterocycles. The number of fused-ring (bicyclic) bond motifs is 1. The third-order valence-electron chi connectivity index (χ3n) is 3.91. The second kappa shape index (κ2) is 5.55. The molecule has 0 radical (unpaired) electrons. The van der Waals surface area contributed by atoms with Crippen LogP contribution >= 0.6 is 11.6 Å². The summed E-state index contributed by atoms with van der Waals surface area (Å²) in [5.41, 5.74) is 10.7. The molecule has 0 aliphatic carbocycles.